The second-order valence-corrected chi connectivity index (χ2v) is 6.95. The molecular formula is C17H22ClN3O5. The molecule has 0 aromatic heterocycles. The molecular weight excluding hydrogens is 362 g/mol. The second-order valence-electron chi connectivity index (χ2n) is 6.95. The molecule has 0 spiro atoms. The first-order chi connectivity index (χ1) is 11.8. The lowest BCUT2D eigenvalue weighted by Gasteiger charge is -2.26. The molecule has 1 aromatic rings. The van der Waals surface area contributed by atoms with Crippen LogP contribution in [0.1, 0.15) is 26.2 Å². The maximum absolute atomic E-state index is 12.5. The molecule has 1 aliphatic carbocycles. The SMILES string of the molecule is CC(C(=O)Nc1ccc([N+](=O)[O-])cc1)N1C[C@@H]2CCC[C@@]2(C(=O)O)C1.Cl. The van der Waals surface area contributed by atoms with Crippen molar-refractivity contribution < 1.29 is 19.6 Å². The molecule has 2 N–H and O–H groups in total. The number of carboxylic acids is 1. The number of carboxylic acid groups (broad SMARTS) is 1. The maximum atomic E-state index is 12.5. The highest BCUT2D eigenvalue weighted by atomic mass is 35.5. The number of hydrogen-bond acceptors (Lipinski definition) is 5. The Bertz CT molecular complexity index is 711. The van der Waals surface area contributed by atoms with Crippen LogP contribution in [0.4, 0.5) is 11.4 Å². The highest BCUT2D eigenvalue weighted by Crippen LogP contribution is 2.49. The van der Waals surface area contributed by atoms with Crippen molar-refractivity contribution >= 4 is 35.7 Å². The van der Waals surface area contributed by atoms with Crippen molar-refractivity contribution in [2.45, 2.75) is 32.2 Å². The Kier molecular flexibility index (Phi) is 5.87. The number of amides is 1. The molecule has 0 radical (unpaired) electrons. The van der Waals surface area contributed by atoms with E-state index in [1.807, 2.05) is 4.90 Å². The zero-order valence-corrected chi connectivity index (χ0v) is 15.2. The summed E-state index contributed by atoms with van der Waals surface area (Å²) in [6, 6.07) is 5.18. The number of nitro benzene ring substituents is 1. The van der Waals surface area contributed by atoms with Crippen molar-refractivity contribution in [3.05, 3.63) is 34.4 Å². The first kappa shape index (κ1) is 20.1. The van der Waals surface area contributed by atoms with Gasteiger partial charge in [0.2, 0.25) is 5.91 Å². The zero-order valence-electron chi connectivity index (χ0n) is 14.4. The van der Waals surface area contributed by atoms with Crippen molar-refractivity contribution in [3.8, 4) is 0 Å². The Morgan fingerprint density at radius 3 is 2.58 bits per heavy atom. The van der Waals surface area contributed by atoms with Gasteiger partial charge in [0.15, 0.2) is 0 Å². The predicted octanol–water partition coefficient (Wildman–Crippen LogP) is 2.53. The number of fused-ring (bicyclic) bond motifs is 1. The van der Waals surface area contributed by atoms with E-state index in [0.29, 0.717) is 25.2 Å². The number of carbonyl (C=O) groups is 2. The predicted molar refractivity (Wildman–Crippen MR) is 97.4 cm³/mol. The molecule has 1 aromatic carbocycles. The van der Waals surface area contributed by atoms with Crippen molar-refractivity contribution in [1.29, 1.82) is 0 Å². The third-order valence-electron chi connectivity index (χ3n) is 5.60. The third-order valence-corrected chi connectivity index (χ3v) is 5.60. The van der Waals surface area contributed by atoms with Gasteiger partial charge in [0, 0.05) is 30.9 Å². The Morgan fingerprint density at radius 2 is 2.04 bits per heavy atom. The van der Waals surface area contributed by atoms with E-state index in [1.165, 1.54) is 24.3 Å². The van der Waals surface area contributed by atoms with E-state index < -0.39 is 22.3 Å². The summed E-state index contributed by atoms with van der Waals surface area (Å²) in [4.78, 5) is 36.3. The largest absolute Gasteiger partial charge is 0.481 e. The smallest absolute Gasteiger partial charge is 0.311 e. The number of carbonyl (C=O) groups excluding carboxylic acids is 1. The van der Waals surface area contributed by atoms with Crippen LogP contribution in [0.25, 0.3) is 0 Å². The summed E-state index contributed by atoms with van der Waals surface area (Å²) in [6.07, 6.45) is 2.48. The monoisotopic (exact) mass is 383 g/mol. The quantitative estimate of drug-likeness (QED) is 0.596. The normalized spacial score (nSPS) is 25.8. The molecule has 0 bridgehead atoms. The number of non-ortho nitro benzene ring substituents is 1. The number of anilines is 1. The van der Waals surface area contributed by atoms with E-state index >= 15 is 0 Å². The van der Waals surface area contributed by atoms with Gasteiger partial charge in [-0.1, -0.05) is 6.42 Å². The van der Waals surface area contributed by atoms with Gasteiger partial charge in [-0.3, -0.25) is 24.6 Å². The minimum Gasteiger partial charge on any atom is -0.481 e. The number of benzene rings is 1. The molecule has 8 nitrogen and oxygen atoms in total. The topological polar surface area (TPSA) is 113 Å². The van der Waals surface area contributed by atoms with E-state index in [0.717, 1.165) is 12.8 Å². The molecule has 1 unspecified atom stereocenters. The van der Waals surface area contributed by atoms with Crippen LogP contribution in [-0.2, 0) is 9.59 Å². The highest BCUT2D eigenvalue weighted by molar-refractivity contribution is 5.94. The Morgan fingerprint density at radius 1 is 1.38 bits per heavy atom. The van der Waals surface area contributed by atoms with Gasteiger partial charge in [-0.05, 0) is 37.8 Å². The van der Waals surface area contributed by atoms with Crippen molar-refractivity contribution in [3.63, 3.8) is 0 Å². The Balaban J connectivity index is 0.00000243. The summed E-state index contributed by atoms with van der Waals surface area (Å²) in [6.45, 7) is 2.76. The summed E-state index contributed by atoms with van der Waals surface area (Å²) < 4.78 is 0. The number of nitrogens with zero attached hydrogens (tertiary/aromatic N) is 2. The van der Waals surface area contributed by atoms with Crippen molar-refractivity contribution in [1.82, 2.24) is 4.90 Å². The molecule has 2 fully saturated rings. The Hall–Kier alpha value is -2.19. The van der Waals surface area contributed by atoms with Crippen LogP contribution in [0, 0.1) is 21.4 Å². The second kappa shape index (κ2) is 7.59. The summed E-state index contributed by atoms with van der Waals surface area (Å²) in [7, 11) is 0. The molecule has 1 aliphatic heterocycles. The van der Waals surface area contributed by atoms with E-state index in [9.17, 15) is 24.8 Å². The van der Waals surface area contributed by atoms with Gasteiger partial charge in [-0.25, -0.2) is 0 Å². The van der Waals surface area contributed by atoms with Gasteiger partial charge in [0.05, 0.1) is 16.4 Å². The van der Waals surface area contributed by atoms with Crippen LogP contribution in [0.15, 0.2) is 24.3 Å². The van der Waals surface area contributed by atoms with E-state index in [4.69, 9.17) is 0 Å². The lowest BCUT2D eigenvalue weighted by molar-refractivity contribution is -0.384. The minimum atomic E-state index is -0.763. The van der Waals surface area contributed by atoms with E-state index in [1.54, 1.807) is 6.92 Å². The highest BCUT2D eigenvalue weighted by Gasteiger charge is 2.55. The maximum Gasteiger partial charge on any atom is 0.311 e. The average molecular weight is 384 g/mol. The summed E-state index contributed by atoms with van der Waals surface area (Å²) in [5.74, 6) is -0.908. The number of nitro groups is 1. The first-order valence-electron chi connectivity index (χ1n) is 8.36. The number of nitrogens with one attached hydrogen (secondary N) is 1. The molecule has 142 valence electrons. The first-order valence-corrected chi connectivity index (χ1v) is 8.36. The fourth-order valence-corrected chi connectivity index (χ4v) is 4.05. The lowest BCUT2D eigenvalue weighted by Crippen LogP contribution is -2.43. The lowest BCUT2D eigenvalue weighted by atomic mass is 9.81. The molecule has 9 heteroatoms. The van der Waals surface area contributed by atoms with Gasteiger partial charge in [0.25, 0.3) is 5.69 Å². The molecule has 1 saturated heterocycles. The molecule has 1 saturated carbocycles. The fourth-order valence-electron chi connectivity index (χ4n) is 4.05. The number of likely N-dealkylation sites (tertiary alicyclic amines) is 1. The van der Waals surface area contributed by atoms with Gasteiger partial charge in [0.1, 0.15) is 0 Å². The third kappa shape index (κ3) is 3.52. The van der Waals surface area contributed by atoms with E-state index in [2.05, 4.69) is 5.32 Å². The van der Waals surface area contributed by atoms with Crippen molar-refractivity contribution in [2.24, 2.45) is 11.3 Å². The fraction of sp³-hybridized carbons (Fsp3) is 0.529. The van der Waals surface area contributed by atoms with Crippen LogP contribution in [0.3, 0.4) is 0 Å². The molecule has 1 amide bonds. The zero-order chi connectivity index (χ0) is 18.2. The molecule has 26 heavy (non-hydrogen) atoms. The van der Waals surface area contributed by atoms with Gasteiger partial charge >= 0.3 is 5.97 Å². The van der Waals surface area contributed by atoms with Gasteiger partial charge in [-0.15, -0.1) is 12.4 Å². The van der Waals surface area contributed by atoms with Crippen LogP contribution in [-0.4, -0.2) is 45.9 Å². The summed E-state index contributed by atoms with van der Waals surface area (Å²) in [5, 5.41) is 23.0. The number of hydrogen-bond donors (Lipinski definition) is 2. The summed E-state index contributed by atoms with van der Waals surface area (Å²) >= 11 is 0. The van der Waals surface area contributed by atoms with Crippen molar-refractivity contribution in [2.75, 3.05) is 18.4 Å². The molecule has 1 heterocycles. The average Bonchev–Trinajstić information content (AvgIpc) is 3.12. The van der Waals surface area contributed by atoms with Crippen LogP contribution in [0.5, 0.6) is 0 Å². The minimum absolute atomic E-state index is 0. The van der Waals surface area contributed by atoms with Crippen LogP contribution >= 0.6 is 12.4 Å². The van der Waals surface area contributed by atoms with Gasteiger partial charge < -0.3 is 10.4 Å². The molecule has 2 aliphatic rings. The standard InChI is InChI=1S/C17H21N3O5.ClH/c1-11(15(21)18-13-4-6-14(7-5-13)20(24)25)19-9-12-3-2-8-17(12,10-19)16(22)23;/h4-7,11-12H,2-3,8-10H2,1H3,(H,18,21)(H,22,23);1H/t11?,12-,17+;/m0./s1. The summed E-state index contributed by atoms with van der Waals surface area (Å²) in [5.41, 5.74) is -0.279. The molecule has 3 rings (SSSR count). The van der Waals surface area contributed by atoms with Crippen LogP contribution < -0.4 is 5.32 Å². The Labute approximate surface area is 157 Å². The van der Waals surface area contributed by atoms with Gasteiger partial charge in [-0.2, -0.15) is 0 Å². The number of aliphatic carboxylic acids is 1. The van der Waals surface area contributed by atoms with E-state index in [-0.39, 0.29) is 29.9 Å². The number of halogens is 1. The number of rotatable bonds is 5. The van der Waals surface area contributed by atoms with Crippen LogP contribution in [0.2, 0.25) is 0 Å². The molecule has 3 atom stereocenters.